The van der Waals surface area contributed by atoms with Crippen LogP contribution in [0.2, 0.25) is 0 Å². The quantitative estimate of drug-likeness (QED) is 0.782. The molecule has 2 aromatic rings. The number of hydrogen-bond acceptors (Lipinski definition) is 4. The van der Waals surface area contributed by atoms with E-state index in [4.69, 9.17) is 0 Å². The largest absolute Gasteiger partial charge is 0.369 e. The van der Waals surface area contributed by atoms with Crippen molar-refractivity contribution in [2.45, 2.75) is 12.8 Å². The summed E-state index contributed by atoms with van der Waals surface area (Å²) in [6.07, 6.45) is 1.47. The van der Waals surface area contributed by atoms with Crippen molar-refractivity contribution in [1.82, 2.24) is 4.90 Å². The summed E-state index contributed by atoms with van der Waals surface area (Å²) in [6, 6.07) is 17.8. The van der Waals surface area contributed by atoms with E-state index >= 15 is 0 Å². The first-order chi connectivity index (χ1) is 13.2. The Hall–Kier alpha value is -2.37. The highest BCUT2D eigenvalue weighted by atomic mass is 35.5. The molecular weight excluding hydrogens is 374 g/mol. The maximum absolute atomic E-state index is 12.6. The van der Waals surface area contributed by atoms with Crippen LogP contribution in [0.5, 0.6) is 0 Å². The van der Waals surface area contributed by atoms with Crippen molar-refractivity contribution in [1.29, 1.82) is 0 Å². The summed E-state index contributed by atoms with van der Waals surface area (Å²) in [6.45, 7) is 4.99. The van der Waals surface area contributed by atoms with Gasteiger partial charge in [0.15, 0.2) is 5.78 Å². The number of rotatable bonds is 5. The van der Waals surface area contributed by atoms with Gasteiger partial charge >= 0.3 is 0 Å². The Morgan fingerprint density at radius 3 is 2.32 bits per heavy atom. The lowest BCUT2D eigenvalue weighted by Gasteiger charge is -2.36. The molecule has 0 radical (unpaired) electrons. The first-order valence-corrected chi connectivity index (χ1v) is 9.69. The summed E-state index contributed by atoms with van der Waals surface area (Å²) in [4.78, 5) is 29.8. The van der Waals surface area contributed by atoms with E-state index in [0.29, 0.717) is 17.7 Å². The standard InChI is InChI=1S/C22H25N3O2.ClH/c26-21-18-9-4-5-11-20(18)23-22(27)19(21)10-6-12-24-13-15-25(16-14-24)17-7-2-1-3-8-17;/h1-5,7-9,11,19H,6,10,12-16H2,(H,23,27);1H. The summed E-state index contributed by atoms with van der Waals surface area (Å²) in [5.41, 5.74) is 2.56. The van der Waals surface area contributed by atoms with Gasteiger partial charge in [0.2, 0.25) is 5.91 Å². The average Bonchev–Trinajstić information content (AvgIpc) is 2.71. The number of hydrogen-bond donors (Lipinski definition) is 1. The number of amides is 1. The minimum absolute atomic E-state index is 0. The summed E-state index contributed by atoms with van der Waals surface area (Å²) >= 11 is 0. The van der Waals surface area contributed by atoms with Crippen molar-refractivity contribution in [3.8, 4) is 0 Å². The minimum Gasteiger partial charge on any atom is -0.369 e. The Labute approximate surface area is 172 Å². The van der Waals surface area contributed by atoms with Gasteiger partial charge in [-0.2, -0.15) is 0 Å². The lowest BCUT2D eigenvalue weighted by atomic mass is 9.88. The number of carbonyl (C=O) groups is 2. The number of fused-ring (bicyclic) bond motifs is 1. The molecule has 0 spiro atoms. The molecule has 0 aromatic heterocycles. The molecule has 0 bridgehead atoms. The number of anilines is 2. The van der Waals surface area contributed by atoms with Gasteiger partial charge in [-0.05, 0) is 43.7 Å². The molecule has 2 aromatic carbocycles. The molecule has 0 saturated carbocycles. The molecule has 28 heavy (non-hydrogen) atoms. The summed E-state index contributed by atoms with van der Waals surface area (Å²) in [5, 5.41) is 2.87. The molecule has 1 amide bonds. The SMILES string of the molecule is Cl.O=C1Nc2ccccc2C(=O)C1CCCN1CCN(c2ccccc2)CC1. The number of piperazine rings is 1. The van der Waals surface area contributed by atoms with Crippen LogP contribution in [0.1, 0.15) is 23.2 Å². The van der Waals surface area contributed by atoms with Crippen LogP contribution in [0.3, 0.4) is 0 Å². The Balaban J connectivity index is 0.00000225. The van der Waals surface area contributed by atoms with Crippen LogP contribution in [-0.2, 0) is 4.79 Å². The zero-order valence-electron chi connectivity index (χ0n) is 15.8. The fraction of sp³-hybridized carbons (Fsp3) is 0.364. The van der Waals surface area contributed by atoms with E-state index in [0.717, 1.165) is 39.1 Å². The van der Waals surface area contributed by atoms with E-state index < -0.39 is 5.92 Å². The molecule has 1 N–H and O–H groups in total. The van der Waals surface area contributed by atoms with Gasteiger partial charge in [-0.25, -0.2) is 0 Å². The third-order valence-electron chi connectivity index (χ3n) is 5.54. The van der Waals surface area contributed by atoms with Crippen molar-refractivity contribution < 1.29 is 9.59 Å². The highest BCUT2D eigenvalue weighted by Gasteiger charge is 2.33. The molecule has 5 nitrogen and oxygen atoms in total. The van der Waals surface area contributed by atoms with Gasteiger partial charge in [0.25, 0.3) is 0 Å². The smallest absolute Gasteiger partial charge is 0.235 e. The minimum atomic E-state index is -0.550. The molecular formula is C22H26ClN3O2. The number of nitrogens with zero attached hydrogens (tertiary/aromatic N) is 2. The van der Waals surface area contributed by atoms with E-state index in [-0.39, 0.29) is 24.1 Å². The number of benzene rings is 2. The number of Topliss-reactive ketones (excluding diaryl/α,β-unsaturated/α-hetero) is 1. The number of ketones is 1. The summed E-state index contributed by atoms with van der Waals surface area (Å²) < 4.78 is 0. The molecule has 2 heterocycles. The van der Waals surface area contributed by atoms with Gasteiger partial charge < -0.3 is 10.2 Å². The average molecular weight is 400 g/mol. The molecule has 2 aliphatic heterocycles. The third-order valence-corrected chi connectivity index (χ3v) is 5.54. The van der Waals surface area contributed by atoms with E-state index in [1.165, 1.54) is 5.69 Å². The van der Waals surface area contributed by atoms with Crippen molar-refractivity contribution >= 4 is 35.5 Å². The first-order valence-electron chi connectivity index (χ1n) is 9.69. The molecule has 6 heteroatoms. The molecule has 4 rings (SSSR count). The van der Waals surface area contributed by atoms with Crippen LogP contribution in [0.15, 0.2) is 54.6 Å². The molecule has 0 aliphatic carbocycles. The Bertz CT molecular complexity index is 820. The third kappa shape index (κ3) is 4.37. The van der Waals surface area contributed by atoms with Gasteiger partial charge in [0.05, 0.1) is 5.69 Å². The predicted molar refractivity (Wildman–Crippen MR) is 114 cm³/mol. The van der Waals surface area contributed by atoms with Gasteiger partial charge in [-0.1, -0.05) is 30.3 Å². The van der Waals surface area contributed by atoms with Crippen LogP contribution in [0.25, 0.3) is 0 Å². The topological polar surface area (TPSA) is 52.7 Å². The number of carbonyl (C=O) groups excluding carboxylic acids is 2. The van der Waals surface area contributed by atoms with Gasteiger partial charge in [0, 0.05) is 37.4 Å². The zero-order valence-corrected chi connectivity index (χ0v) is 16.7. The molecule has 148 valence electrons. The summed E-state index contributed by atoms with van der Waals surface area (Å²) in [5.74, 6) is -0.749. The lowest BCUT2D eigenvalue weighted by molar-refractivity contribution is -0.118. The molecule has 1 unspecified atom stereocenters. The maximum Gasteiger partial charge on any atom is 0.235 e. The number of halogens is 1. The first kappa shape index (κ1) is 20.4. The predicted octanol–water partition coefficient (Wildman–Crippen LogP) is 3.46. The fourth-order valence-corrected chi connectivity index (χ4v) is 3.98. The zero-order chi connectivity index (χ0) is 18.6. The molecule has 2 aliphatic rings. The second-order valence-electron chi connectivity index (χ2n) is 7.26. The van der Waals surface area contributed by atoms with Gasteiger partial charge in [-0.15, -0.1) is 12.4 Å². The van der Waals surface area contributed by atoms with Crippen LogP contribution < -0.4 is 10.2 Å². The second-order valence-corrected chi connectivity index (χ2v) is 7.26. The number of para-hydroxylation sites is 2. The van der Waals surface area contributed by atoms with E-state index in [1.807, 2.05) is 18.2 Å². The van der Waals surface area contributed by atoms with Gasteiger partial charge in [0.1, 0.15) is 5.92 Å². The normalized spacial score (nSPS) is 19.6. The molecule has 1 saturated heterocycles. The van der Waals surface area contributed by atoms with Crippen LogP contribution in [0.4, 0.5) is 11.4 Å². The maximum atomic E-state index is 12.6. The van der Waals surface area contributed by atoms with Crippen LogP contribution >= 0.6 is 12.4 Å². The van der Waals surface area contributed by atoms with Gasteiger partial charge in [-0.3, -0.25) is 14.5 Å². The van der Waals surface area contributed by atoms with Crippen LogP contribution in [-0.4, -0.2) is 49.3 Å². The summed E-state index contributed by atoms with van der Waals surface area (Å²) in [7, 11) is 0. The Morgan fingerprint density at radius 1 is 0.893 bits per heavy atom. The van der Waals surface area contributed by atoms with Crippen molar-refractivity contribution in [2.75, 3.05) is 42.9 Å². The van der Waals surface area contributed by atoms with E-state index in [9.17, 15) is 9.59 Å². The fourth-order valence-electron chi connectivity index (χ4n) is 3.98. The second kappa shape index (κ2) is 9.22. The van der Waals surface area contributed by atoms with Crippen molar-refractivity contribution in [3.05, 3.63) is 60.2 Å². The van der Waals surface area contributed by atoms with E-state index in [1.54, 1.807) is 12.1 Å². The lowest BCUT2D eigenvalue weighted by Crippen LogP contribution is -2.46. The van der Waals surface area contributed by atoms with Crippen LogP contribution in [0, 0.1) is 5.92 Å². The monoisotopic (exact) mass is 399 g/mol. The van der Waals surface area contributed by atoms with Crippen molar-refractivity contribution in [2.24, 2.45) is 5.92 Å². The Morgan fingerprint density at radius 2 is 1.57 bits per heavy atom. The highest BCUT2D eigenvalue weighted by Crippen LogP contribution is 2.27. The molecule has 1 fully saturated rings. The Kier molecular flexibility index (Phi) is 6.70. The van der Waals surface area contributed by atoms with Crippen molar-refractivity contribution in [3.63, 3.8) is 0 Å². The molecule has 1 atom stereocenters. The number of nitrogens with one attached hydrogen (secondary N) is 1. The van der Waals surface area contributed by atoms with E-state index in [2.05, 4.69) is 39.4 Å². The highest BCUT2D eigenvalue weighted by molar-refractivity contribution is 6.20.